The van der Waals surface area contributed by atoms with E-state index in [0.717, 1.165) is 54.7 Å². The van der Waals surface area contributed by atoms with E-state index >= 15 is 0 Å². The number of hydrogen-bond acceptors (Lipinski definition) is 3. The molecule has 1 aliphatic heterocycles. The molecule has 0 bridgehead atoms. The number of carbonyl (C=O) groups excluding carboxylic acids is 2. The summed E-state index contributed by atoms with van der Waals surface area (Å²) in [6.45, 7) is 5.06. The van der Waals surface area contributed by atoms with Gasteiger partial charge in [-0.1, -0.05) is 18.0 Å². The van der Waals surface area contributed by atoms with Crippen molar-refractivity contribution in [3.63, 3.8) is 0 Å². The van der Waals surface area contributed by atoms with E-state index in [4.69, 9.17) is 11.6 Å². The summed E-state index contributed by atoms with van der Waals surface area (Å²) in [6.07, 6.45) is 3.92. The fourth-order valence-electron chi connectivity index (χ4n) is 3.67. The molecule has 0 N–H and O–H groups in total. The lowest BCUT2D eigenvalue weighted by Crippen LogP contribution is -2.43. The fraction of sp³-hybridized carbons (Fsp3) is 0.400. The lowest BCUT2D eigenvalue weighted by Gasteiger charge is -2.31. The number of nitrogens with zero attached hydrogens (tertiary/aromatic N) is 2. The molecule has 1 saturated heterocycles. The number of rotatable bonds is 5. The zero-order valence-corrected chi connectivity index (χ0v) is 15.4. The SMILES string of the molecule is Cc1cc(C(=O)CN2CCCCC2C=O)c(C)n1-c1ccc(Cl)cc1. The van der Waals surface area contributed by atoms with Gasteiger partial charge in [0.1, 0.15) is 6.29 Å². The van der Waals surface area contributed by atoms with Crippen LogP contribution in [-0.2, 0) is 4.79 Å². The van der Waals surface area contributed by atoms with Crippen molar-refractivity contribution in [3.05, 3.63) is 52.3 Å². The van der Waals surface area contributed by atoms with Crippen LogP contribution in [0.25, 0.3) is 5.69 Å². The molecule has 1 fully saturated rings. The summed E-state index contributed by atoms with van der Waals surface area (Å²) in [6, 6.07) is 9.40. The Hall–Kier alpha value is -1.91. The number of aryl methyl sites for hydroxylation is 1. The molecule has 1 unspecified atom stereocenters. The molecule has 0 spiro atoms. The highest BCUT2D eigenvalue weighted by molar-refractivity contribution is 6.30. The van der Waals surface area contributed by atoms with Gasteiger partial charge in [-0.05, 0) is 63.6 Å². The molecule has 0 aliphatic carbocycles. The van der Waals surface area contributed by atoms with Gasteiger partial charge in [0.2, 0.25) is 0 Å². The van der Waals surface area contributed by atoms with Crippen molar-refractivity contribution < 1.29 is 9.59 Å². The number of halogens is 1. The predicted molar refractivity (Wildman–Crippen MR) is 99.9 cm³/mol. The van der Waals surface area contributed by atoms with Crippen molar-refractivity contribution in [2.24, 2.45) is 0 Å². The van der Waals surface area contributed by atoms with Gasteiger partial charge in [-0.3, -0.25) is 9.69 Å². The van der Waals surface area contributed by atoms with Gasteiger partial charge < -0.3 is 9.36 Å². The smallest absolute Gasteiger partial charge is 0.178 e. The summed E-state index contributed by atoms with van der Waals surface area (Å²) < 4.78 is 2.07. The number of carbonyl (C=O) groups is 2. The van der Waals surface area contributed by atoms with Gasteiger partial charge in [0.25, 0.3) is 0 Å². The second kappa shape index (κ2) is 7.54. The third-order valence-corrected chi connectivity index (χ3v) is 5.24. The number of aromatic nitrogens is 1. The summed E-state index contributed by atoms with van der Waals surface area (Å²) in [7, 11) is 0. The lowest BCUT2D eigenvalue weighted by atomic mass is 10.0. The molecule has 0 amide bonds. The van der Waals surface area contributed by atoms with E-state index < -0.39 is 0 Å². The van der Waals surface area contributed by atoms with Gasteiger partial charge >= 0.3 is 0 Å². The van der Waals surface area contributed by atoms with E-state index in [2.05, 4.69) is 4.57 Å². The number of benzene rings is 1. The maximum absolute atomic E-state index is 12.9. The first-order valence-electron chi connectivity index (χ1n) is 8.68. The molecular formula is C20H23ClN2O2. The number of likely N-dealkylation sites (tertiary alicyclic amines) is 1. The maximum Gasteiger partial charge on any atom is 0.178 e. The largest absolute Gasteiger partial charge is 0.318 e. The van der Waals surface area contributed by atoms with Crippen molar-refractivity contribution in [2.75, 3.05) is 13.1 Å². The molecule has 25 heavy (non-hydrogen) atoms. The van der Waals surface area contributed by atoms with E-state index in [1.807, 2.05) is 49.1 Å². The van der Waals surface area contributed by atoms with Gasteiger partial charge in [-0.25, -0.2) is 0 Å². The van der Waals surface area contributed by atoms with Crippen molar-refractivity contribution >= 4 is 23.7 Å². The zero-order valence-electron chi connectivity index (χ0n) is 14.7. The molecule has 4 nitrogen and oxygen atoms in total. The molecule has 1 aromatic carbocycles. The van der Waals surface area contributed by atoms with Crippen LogP contribution in [0.3, 0.4) is 0 Å². The molecule has 1 atom stereocenters. The zero-order chi connectivity index (χ0) is 18.0. The Morgan fingerprint density at radius 2 is 1.96 bits per heavy atom. The van der Waals surface area contributed by atoms with E-state index in [-0.39, 0.29) is 11.8 Å². The number of Topliss-reactive ketones (excluding diaryl/α,β-unsaturated/α-hetero) is 1. The van der Waals surface area contributed by atoms with E-state index in [1.54, 1.807) is 0 Å². The van der Waals surface area contributed by atoms with Crippen LogP contribution in [-0.4, -0.2) is 40.7 Å². The minimum atomic E-state index is -0.127. The Morgan fingerprint density at radius 3 is 2.64 bits per heavy atom. The van der Waals surface area contributed by atoms with Gasteiger partial charge in [0.15, 0.2) is 5.78 Å². The average Bonchev–Trinajstić information content (AvgIpc) is 2.91. The Balaban J connectivity index is 1.85. The standard InChI is InChI=1S/C20H23ClN2O2/c1-14-11-19(15(2)23(14)17-8-6-16(21)7-9-17)20(25)12-22-10-4-3-5-18(22)13-24/h6-9,11,13,18H,3-5,10,12H2,1-2H3. The average molecular weight is 359 g/mol. The van der Waals surface area contributed by atoms with Gasteiger partial charge in [0.05, 0.1) is 12.6 Å². The molecule has 2 heterocycles. The van der Waals surface area contributed by atoms with E-state index in [1.165, 1.54) is 0 Å². The highest BCUT2D eigenvalue weighted by atomic mass is 35.5. The van der Waals surface area contributed by atoms with Gasteiger partial charge in [-0.15, -0.1) is 0 Å². The van der Waals surface area contributed by atoms with Crippen LogP contribution in [0.2, 0.25) is 5.02 Å². The second-order valence-corrected chi connectivity index (χ2v) is 7.13. The summed E-state index contributed by atoms with van der Waals surface area (Å²) in [5.74, 6) is 0.0714. The number of hydrogen-bond donors (Lipinski definition) is 0. The van der Waals surface area contributed by atoms with Gasteiger partial charge in [0, 0.05) is 27.7 Å². The Bertz CT molecular complexity index is 780. The van der Waals surface area contributed by atoms with Crippen LogP contribution >= 0.6 is 11.6 Å². The maximum atomic E-state index is 12.9. The predicted octanol–water partition coefficient (Wildman–Crippen LogP) is 3.98. The topological polar surface area (TPSA) is 42.3 Å². The first-order valence-corrected chi connectivity index (χ1v) is 9.06. The number of ketones is 1. The highest BCUT2D eigenvalue weighted by Crippen LogP contribution is 2.24. The van der Waals surface area contributed by atoms with Crippen LogP contribution in [0.1, 0.15) is 41.0 Å². The minimum absolute atomic E-state index is 0.0714. The monoisotopic (exact) mass is 358 g/mol. The molecule has 1 aliphatic rings. The summed E-state index contributed by atoms with van der Waals surface area (Å²) in [5.41, 5.74) is 3.64. The summed E-state index contributed by atoms with van der Waals surface area (Å²) >= 11 is 5.97. The Morgan fingerprint density at radius 1 is 1.24 bits per heavy atom. The molecule has 1 aromatic heterocycles. The van der Waals surface area contributed by atoms with Crippen LogP contribution in [0.15, 0.2) is 30.3 Å². The summed E-state index contributed by atoms with van der Waals surface area (Å²) in [5, 5.41) is 0.688. The molecule has 0 radical (unpaired) electrons. The number of piperidine rings is 1. The fourth-order valence-corrected chi connectivity index (χ4v) is 3.80. The summed E-state index contributed by atoms with van der Waals surface area (Å²) in [4.78, 5) is 26.1. The molecule has 0 saturated carbocycles. The normalized spacial score (nSPS) is 18.3. The molecule has 132 valence electrons. The first-order chi connectivity index (χ1) is 12.0. The molecule has 5 heteroatoms. The Labute approximate surface area is 153 Å². The first kappa shape index (κ1) is 17.9. The third-order valence-electron chi connectivity index (χ3n) is 4.98. The van der Waals surface area contributed by atoms with Crippen LogP contribution in [0, 0.1) is 13.8 Å². The second-order valence-electron chi connectivity index (χ2n) is 6.69. The quantitative estimate of drug-likeness (QED) is 0.599. The van der Waals surface area contributed by atoms with Crippen molar-refractivity contribution in [2.45, 2.75) is 39.2 Å². The molecule has 3 rings (SSSR count). The molecule has 2 aromatic rings. The third kappa shape index (κ3) is 3.70. The molecular weight excluding hydrogens is 336 g/mol. The minimum Gasteiger partial charge on any atom is -0.318 e. The Kier molecular flexibility index (Phi) is 5.40. The van der Waals surface area contributed by atoms with Gasteiger partial charge in [-0.2, -0.15) is 0 Å². The van der Waals surface area contributed by atoms with Crippen LogP contribution < -0.4 is 0 Å². The van der Waals surface area contributed by atoms with Crippen LogP contribution in [0.5, 0.6) is 0 Å². The van der Waals surface area contributed by atoms with Crippen molar-refractivity contribution in [3.8, 4) is 5.69 Å². The van der Waals surface area contributed by atoms with E-state index in [0.29, 0.717) is 11.6 Å². The van der Waals surface area contributed by atoms with Crippen molar-refractivity contribution in [1.82, 2.24) is 9.47 Å². The lowest BCUT2D eigenvalue weighted by molar-refractivity contribution is -0.113. The van der Waals surface area contributed by atoms with Crippen molar-refractivity contribution in [1.29, 1.82) is 0 Å². The number of aldehydes is 1. The van der Waals surface area contributed by atoms with E-state index in [9.17, 15) is 9.59 Å². The highest BCUT2D eigenvalue weighted by Gasteiger charge is 2.25. The van der Waals surface area contributed by atoms with Crippen LogP contribution in [0.4, 0.5) is 0 Å².